The zero-order valence-electron chi connectivity index (χ0n) is 26.3. The van der Waals surface area contributed by atoms with Gasteiger partial charge in [-0.15, -0.1) is 0 Å². The molecule has 40 heavy (non-hydrogen) atoms. The summed E-state index contributed by atoms with van der Waals surface area (Å²) in [5.74, 6) is 2.39. The van der Waals surface area contributed by atoms with Gasteiger partial charge in [-0.1, -0.05) is 79.2 Å². The lowest BCUT2D eigenvalue weighted by molar-refractivity contribution is -0.203. The van der Waals surface area contributed by atoms with E-state index in [9.17, 15) is 9.59 Å². The third kappa shape index (κ3) is 3.67. The molecule has 0 aromatic heterocycles. The van der Waals surface area contributed by atoms with Crippen molar-refractivity contribution in [1.82, 2.24) is 0 Å². The quantitative estimate of drug-likeness (QED) is 0.349. The number of allylic oxidation sites excluding steroid dienone is 2. The summed E-state index contributed by atoms with van der Waals surface area (Å²) >= 11 is 0. The van der Waals surface area contributed by atoms with E-state index in [0.717, 1.165) is 25.7 Å². The molecule has 0 aliphatic heterocycles. The van der Waals surface area contributed by atoms with Gasteiger partial charge in [0.05, 0.1) is 5.56 Å². The Morgan fingerprint density at radius 2 is 1.55 bits per heavy atom. The van der Waals surface area contributed by atoms with Crippen LogP contribution >= 0.6 is 0 Å². The summed E-state index contributed by atoms with van der Waals surface area (Å²) in [6.45, 7) is 19.5. The molecule has 0 bridgehead atoms. The molecular formula is C37H52O3. The molecule has 4 saturated carbocycles. The number of esters is 1. The molecule has 10 atom stereocenters. The predicted molar refractivity (Wildman–Crippen MR) is 161 cm³/mol. The summed E-state index contributed by atoms with van der Waals surface area (Å²) in [6, 6.07) is 9.38. The van der Waals surface area contributed by atoms with Gasteiger partial charge in [-0.25, -0.2) is 4.79 Å². The van der Waals surface area contributed by atoms with E-state index in [4.69, 9.17) is 4.74 Å². The van der Waals surface area contributed by atoms with Crippen LogP contribution in [0.5, 0.6) is 0 Å². The number of hydrogen-bond acceptors (Lipinski definition) is 3. The Hall–Kier alpha value is -1.90. The second-order valence-electron chi connectivity index (χ2n) is 16.4. The summed E-state index contributed by atoms with van der Waals surface area (Å²) in [6.07, 6.45) is 11.1. The highest BCUT2D eigenvalue weighted by Crippen LogP contribution is 2.75. The van der Waals surface area contributed by atoms with Crippen LogP contribution in [0, 0.1) is 56.7 Å². The maximum atomic E-state index is 14.6. The Kier molecular flexibility index (Phi) is 6.39. The lowest BCUT2D eigenvalue weighted by atomic mass is 9.33. The van der Waals surface area contributed by atoms with Crippen LogP contribution in [0.2, 0.25) is 0 Å². The number of carbonyl (C=O) groups is 2. The van der Waals surface area contributed by atoms with E-state index in [0.29, 0.717) is 40.4 Å². The third-order valence-corrected chi connectivity index (χ3v) is 14.3. The number of ether oxygens (including phenoxy) is 1. The molecule has 0 N–H and O–H groups in total. The van der Waals surface area contributed by atoms with Crippen molar-refractivity contribution in [2.24, 2.45) is 56.7 Å². The third-order valence-electron chi connectivity index (χ3n) is 14.3. The van der Waals surface area contributed by atoms with Crippen LogP contribution in [0.25, 0.3) is 0 Å². The Bertz CT molecular complexity index is 1230. The molecule has 218 valence electrons. The lowest BCUT2D eigenvalue weighted by Gasteiger charge is -2.70. The first-order valence-corrected chi connectivity index (χ1v) is 16.2. The summed E-state index contributed by atoms with van der Waals surface area (Å²) in [7, 11) is 0. The van der Waals surface area contributed by atoms with Gasteiger partial charge in [0.2, 0.25) is 0 Å². The predicted octanol–water partition coefficient (Wildman–Crippen LogP) is 9.07. The molecule has 4 fully saturated rings. The van der Waals surface area contributed by atoms with Crippen LogP contribution in [0.1, 0.15) is 117 Å². The highest BCUT2D eigenvalue weighted by Gasteiger charge is 2.70. The van der Waals surface area contributed by atoms with Crippen molar-refractivity contribution >= 4 is 11.8 Å². The second kappa shape index (κ2) is 9.05. The summed E-state index contributed by atoms with van der Waals surface area (Å²) in [5, 5.41) is 0. The summed E-state index contributed by atoms with van der Waals surface area (Å²) < 4.78 is 6.24. The molecule has 5 aliphatic carbocycles. The molecule has 0 saturated heterocycles. The highest BCUT2D eigenvalue weighted by atomic mass is 16.5. The first kappa shape index (κ1) is 28.2. The molecule has 6 rings (SSSR count). The number of benzene rings is 1. The lowest BCUT2D eigenvalue weighted by Crippen LogP contribution is -2.67. The van der Waals surface area contributed by atoms with Crippen molar-refractivity contribution in [3.63, 3.8) is 0 Å². The maximum Gasteiger partial charge on any atom is 0.338 e. The first-order valence-electron chi connectivity index (χ1n) is 16.2. The molecule has 1 aromatic carbocycles. The molecule has 0 amide bonds. The van der Waals surface area contributed by atoms with Gasteiger partial charge < -0.3 is 4.74 Å². The smallest absolute Gasteiger partial charge is 0.338 e. The van der Waals surface area contributed by atoms with Crippen molar-refractivity contribution in [3.8, 4) is 0 Å². The minimum Gasteiger partial charge on any atom is -0.458 e. The van der Waals surface area contributed by atoms with Gasteiger partial charge in [0.25, 0.3) is 0 Å². The van der Waals surface area contributed by atoms with E-state index in [1.807, 2.05) is 30.3 Å². The first-order chi connectivity index (χ1) is 18.7. The van der Waals surface area contributed by atoms with E-state index in [1.165, 1.54) is 31.3 Å². The van der Waals surface area contributed by atoms with E-state index in [2.05, 4.69) is 61.5 Å². The Balaban J connectivity index is 1.35. The number of hydrogen-bond donors (Lipinski definition) is 0. The maximum absolute atomic E-state index is 14.6. The topological polar surface area (TPSA) is 43.4 Å². The molecule has 5 aliphatic rings. The average Bonchev–Trinajstić information content (AvgIpc) is 2.90. The Labute approximate surface area is 242 Å². The van der Waals surface area contributed by atoms with Gasteiger partial charge in [0, 0.05) is 11.3 Å². The standard InChI is InChI=1S/C37H52O3/c1-23-14-17-34(5)20-21-36(7)26(30(34)24(23)2)22-27(38)31-35(6)18-16-29(40-32(39)25-12-10-9-11-13-25)33(3,4)28(35)15-19-37(31,36)8/h9-13,22-24,28-31H,14-21H2,1-8H3. The fourth-order valence-electron chi connectivity index (χ4n) is 11.6. The Morgan fingerprint density at radius 1 is 0.850 bits per heavy atom. The van der Waals surface area contributed by atoms with E-state index in [-0.39, 0.29) is 39.7 Å². The van der Waals surface area contributed by atoms with Crippen molar-refractivity contribution in [1.29, 1.82) is 0 Å². The van der Waals surface area contributed by atoms with Crippen LogP contribution in [0.15, 0.2) is 42.0 Å². The van der Waals surface area contributed by atoms with Crippen molar-refractivity contribution in [2.75, 3.05) is 0 Å². The van der Waals surface area contributed by atoms with Crippen LogP contribution < -0.4 is 0 Å². The van der Waals surface area contributed by atoms with E-state index < -0.39 is 0 Å². The number of carbonyl (C=O) groups excluding carboxylic acids is 2. The van der Waals surface area contributed by atoms with Gasteiger partial charge in [-0.2, -0.15) is 0 Å². The van der Waals surface area contributed by atoms with Gasteiger partial charge in [-0.3, -0.25) is 4.79 Å². The molecule has 0 spiro atoms. The summed E-state index contributed by atoms with van der Waals surface area (Å²) in [5.41, 5.74) is 2.19. The van der Waals surface area contributed by atoms with E-state index >= 15 is 0 Å². The van der Waals surface area contributed by atoms with Crippen LogP contribution in [0.3, 0.4) is 0 Å². The van der Waals surface area contributed by atoms with E-state index in [1.54, 1.807) is 0 Å². The van der Waals surface area contributed by atoms with Crippen LogP contribution in [0.4, 0.5) is 0 Å². The molecule has 10 unspecified atom stereocenters. The highest BCUT2D eigenvalue weighted by molar-refractivity contribution is 5.95. The van der Waals surface area contributed by atoms with Crippen molar-refractivity contribution < 1.29 is 14.3 Å². The normalized spacial score (nSPS) is 47.6. The van der Waals surface area contributed by atoms with Crippen LogP contribution in [-0.2, 0) is 9.53 Å². The van der Waals surface area contributed by atoms with Crippen molar-refractivity contribution in [2.45, 2.75) is 113 Å². The Morgan fingerprint density at radius 3 is 2.25 bits per heavy atom. The van der Waals surface area contributed by atoms with Gasteiger partial charge in [0.1, 0.15) is 6.10 Å². The van der Waals surface area contributed by atoms with Crippen LogP contribution in [-0.4, -0.2) is 17.9 Å². The molecular weight excluding hydrogens is 492 g/mol. The number of rotatable bonds is 2. The molecule has 0 radical (unpaired) electrons. The molecule has 1 aromatic rings. The minimum atomic E-state index is -0.224. The van der Waals surface area contributed by atoms with Gasteiger partial charge in [-0.05, 0) is 115 Å². The fraction of sp³-hybridized carbons (Fsp3) is 0.730. The average molecular weight is 545 g/mol. The molecule has 3 nitrogen and oxygen atoms in total. The SMILES string of the molecule is CC1CCC2(C)CCC3(C)C(=CC(=O)C4C5(C)CCC(OC(=O)c6ccccc6)C(C)(C)C5CCC43C)C2C1C. The largest absolute Gasteiger partial charge is 0.458 e. The monoisotopic (exact) mass is 544 g/mol. The molecule has 0 heterocycles. The van der Waals surface area contributed by atoms with Gasteiger partial charge >= 0.3 is 5.97 Å². The zero-order chi connectivity index (χ0) is 28.9. The number of fused-ring (bicyclic) bond motifs is 7. The minimum absolute atomic E-state index is 0.0261. The fourth-order valence-corrected chi connectivity index (χ4v) is 11.6. The molecule has 3 heteroatoms. The van der Waals surface area contributed by atoms with Crippen molar-refractivity contribution in [3.05, 3.63) is 47.5 Å². The van der Waals surface area contributed by atoms with Gasteiger partial charge in [0.15, 0.2) is 5.78 Å². The number of ketones is 1. The summed E-state index contributed by atoms with van der Waals surface area (Å²) in [4.78, 5) is 27.6. The second-order valence-corrected chi connectivity index (χ2v) is 16.4. The zero-order valence-corrected chi connectivity index (χ0v) is 26.3.